The van der Waals surface area contributed by atoms with Crippen LogP contribution in [0.3, 0.4) is 0 Å². The van der Waals surface area contributed by atoms with Gasteiger partial charge in [0.25, 0.3) is 0 Å². The van der Waals surface area contributed by atoms with Gasteiger partial charge in [-0.15, -0.1) is 0 Å². The molecule has 0 unspecified atom stereocenters. The van der Waals surface area contributed by atoms with Crippen molar-refractivity contribution in [3.8, 4) is 39.6 Å². The molecule has 0 aliphatic heterocycles. The summed E-state index contributed by atoms with van der Waals surface area (Å²) in [4.78, 5) is 4.64. The van der Waals surface area contributed by atoms with E-state index < -0.39 is 0 Å². The Balaban J connectivity index is 1.94. The fraction of sp³-hybridized carbons (Fsp3) is 0.174. The highest BCUT2D eigenvalue weighted by molar-refractivity contribution is 5.81. The van der Waals surface area contributed by atoms with E-state index in [1.165, 1.54) is 0 Å². The average Bonchev–Trinajstić information content (AvgIpc) is 3.21. The SMILES string of the molecule is CNc1cc(-c2ccccc2OC)cn2c(-c3ccc(OC)c(OC)c3)cnc12. The number of para-hydroxylation sites is 1. The molecule has 0 aliphatic rings. The number of fused-ring (bicyclic) bond motifs is 1. The van der Waals surface area contributed by atoms with E-state index in [-0.39, 0.29) is 0 Å². The molecule has 0 fully saturated rings. The molecule has 1 N–H and O–H groups in total. The average molecular weight is 389 g/mol. The monoisotopic (exact) mass is 389 g/mol. The summed E-state index contributed by atoms with van der Waals surface area (Å²) in [5.41, 5.74) is 5.75. The second-order valence-electron chi connectivity index (χ2n) is 6.50. The van der Waals surface area contributed by atoms with E-state index in [0.717, 1.165) is 39.5 Å². The molecule has 0 spiro atoms. The zero-order valence-electron chi connectivity index (χ0n) is 16.9. The maximum Gasteiger partial charge on any atom is 0.161 e. The Bertz CT molecular complexity index is 1170. The predicted molar refractivity (Wildman–Crippen MR) is 115 cm³/mol. The summed E-state index contributed by atoms with van der Waals surface area (Å²) >= 11 is 0. The number of ether oxygens (including phenoxy) is 3. The topological polar surface area (TPSA) is 57.0 Å². The molecule has 0 bridgehead atoms. The largest absolute Gasteiger partial charge is 0.496 e. The Morgan fingerprint density at radius 3 is 2.31 bits per heavy atom. The number of benzene rings is 2. The van der Waals surface area contributed by atoms with Crippen molar-refractivity contribution < 1.29 is 14.2 Å². The molecule has 2 heterocycles. The van der Waals surface area contributed by atoms with Crippen LogP contribution in [0.4, 0.5) is 5.69 Å². The number of methoxy groups -OCH3 is 3. The lowest BCUT2D eigenvalue weighted by atomic mass is 10.1. The van der Waals surface area contributed by atoms with Crippen molar-refractivity contribution in [2.75, 3.05) is 33.7 Å². The van der Waals surface area contributed by atoms with Crippen molar-refractivity contribution in [3.05, 3.63) is 60.9 Å². The maximum absolute atomic E-state index is 5.56. The van der Waals surface area contributed by atoms with Crippen LogP contribution in [0.1, 0.15) is 0 Å². The van der Waals surface area contributed by atoms with E-state index in [1.807, 2.05) is 55.7 Å². The second-order valence-corrected chi connectivity index (χ2v) is 6.50. The second kappa shape index (κ2) is 7.75. The zero-order valence-corrected chi connectivity index (χ0v) is 16.9. The molecule has 0 aliphatic carbocycles. The van der Waals surface area contributed by atoms with Crippen LogP contribution in [-0.2, 0) is 0 Å². The van der Waals surface area contributed by atoms with Crippen molar-refractivity contribution in [2.45, 2.75) is 0 Å². The van der Waals surface area contributed by atoms with E-state index in [0.29, 0.717) is 11.5 Å². The van der Waals surface area contributed by atoms with Gasteiger partial charge in [-0.25, -0.2) is 4.98 Å². The summed E-state index contributed by atoms with van der Waals surface area (Å²) in [7, 11) is 6.84. The van der Waals surface area contributed by atoms with E-state index >= 15 is 0 Å². The number of anilines is 1. The summed E-state index contributed by atoms with van der Waals surface area (Å²) in [6.45, 7) is 0. The first-order chi connectivity index (χ1) is 14.2. The molecule has 6 heteroatoms. The van der Waals surface area contributed by atoms with Crippen LogP contribution in [0.15, 0.2) is 60.9 Å². The fourth-order valence-corrected chi connectivity index (χ4v) is 3.51. The van der Waals surface area contributed by atoms with Gasteiger partial charge >= 0.3 is 0 Å². The highest BCUT2D eigenvalue weighted by Gasteiger charge is 2.15. The summed E-state index contributed by atoms with van der Waals surface area (Å²) in [5.74, 6) is 2.19. The molecule has 6 nitrogen and oxygen atoms in total. The van der Waals surface area contributed by atoms with Gasteiger partial charge in [0.05, 0.1) is 38.9 Å². The quantitative estimate of drug-likeness (QED) is 0.516. The number of aromatic nitrogens is 2. The van der Waals surface area contributed by atoms with Crippen LogP contribution in [0.25, 0.3) is 28.0 Å². The van der Waals surface area contributed by atoms with Gasteiger partial charge in [0, 0.05) is 29.9 Å². The molecule has 0 saturated heterocycles. The highest BCUT2D eigenvalue weighted by atomic mass is 16.5. The lowest BCUT2D eigenvalue weighted by Gasteiger charge is -2.13. The Morgan fingerprint density at radius 2 is 1.59 bits per heavy atom. The molecule has 29 heavy (non-hydrogen) atoms. The van der Waals surface area contributed by atoms with Gasteiger partial charge in [0.2, 0.25) is 0 Å². The minimum absolute atomic E-state index is 0.676. The van der Waals surface area contributed by atoms with Crippen molar-refractivity contribution in [3.63, 3.8) is 0 Å². The molecule has 0 saturated carbocycles. The minimum Gasteiger partial charge on any atom is -0.496 e. The lowest BCUT2D eigenvalue weighted by molar-refractivity contribution is 0.355. The Hall–Kier alpha value is -3.67. The van der Waals surface area contributed by atoms with Gasteiger partial charge in [-0.05, 0) is 30.3 Å². The van der Waals surface area contributed by atoms with Crippen molar-refractivity contribution in [1.82, 2.24) is 9.38 Å². The Kier molecular flexibility index (Phi) is 4.99. The van der Waals surface area contributed by atoms with E-state index in [2.05, 4.69) is 27.0 Å². The van der Waals surface area contributed by atoms with Gasteiger partial charge in [0.1, 0.15) is 5.75 Å². The molecule has 0 amide bonds. The maximum atomic E-state index is 5.56. The Morgan fingerprint density at radius 1 is 0.828 bits per heavy atom. The third kappa shape index (κ3) is 3.23. The number of nitrogens with one attached hydrogen (secondary N) is 1. The van der Waals surface area contributed by atoms with Crippen molar-refractivity contribution in [2.24, 2.45) is 0 Å². The van der Waals surface area contributed by atoms with E-state index in [4.69, 9.17) is 14.2 Å². The smallest absolute Gasteiger partial charge is 0.161 e. The molecule has 0 atom stereocenters. The molecular weight excluding hydrogens is 366 g/mol. The number of nitrogens with zero attached hydrogens (tertiary/aromatic N) is 2. The normalized spacial score (nSPS) is 10.8. The minimum atomic E-state index is 0.676. The number of pyridine rings is 1. The number of hydrogen-bond donors (Lipinski definition) is 1. The van der Waals surface area contributed by atoms with E-state index in [1.54, 1.807) is 21.3 Å². The Labute approximate surface area is 169 Å². The van der Waals surface area contributed by atoms with Crippen LogP contribution < -0.4 is 19.5 Å². The molecule has 4 rings (SSSR count). The van der Waals surface area contributed by atoms with Crippen LogP contribution >= 0.6 is 0 Å². The van der Waals surface area contributed by atoms with Gasteiger partial charge in [0.15, 0.2) is 17.1 Å². The molecule has 0 radical (unpaired) electrons. The summed E-state index contributed by atoms with van der Waals surface area (Å²) < 4.78 is 18.5. The van der Waals surface area contributed by atoms with Crippen LogP contribution in [-0.4, -0.2) is 37.8 Å². The van der Waals surface area contributed by atoms with Crippen LogP contribution in [0.2, 0.25) is 0 Å². The number of imidazole rings is 1. The molecule has 4 aromatic rings. The third-order valence-corrected chi connectivity index (χ3v) is 4.97. The predicted octanol–water partition coefficient (Wildman–Crippen LogP) is 4.74. The van der Waals surface area contributed by atoms with Crippen LogP contribution in [0, 0.1) is 0 Å². The van der Waals surface area contributed by atoms with Gasteiger partial charge in [-0.3, -0.25) is 4.40 Å². The third-order valence-electron chi connectivity index (χ3n) is 4.97. The molecule has 2 aromatic carbocycles. The summed E-state index contributed by atoms with van der Waals surface area (Å²) in [6.07, 6.45) is 3.94. The summed E-state index contributed by atoms with van der Waals surface area (Å²) in [5, 5.41) is 3.25. The standard InChI is InChI=1S/C23H23N3O3/c1-24-18-11-16(17-7-5-6-8-20(17)27-2)14-26-19(13-25-23(18)26)15-9-10-21(28-3)22(12-15)29-4/h5-14,24H,1-4H3. The first-order valence-corrected chi connectivity index (χ1v) is 9.24. The number of hydrogen-bond acceptors (Lipinski definition) is 5. The zero-order chi connectivity index (χ0) is 20.4. The first-order valence-electron chi connectivity index (χ1n) is 9.24. The van der Waals surface area contributed by atoms with Crippen LogP contribution in [0.5, 0.6) is 17.2 Å². The summed E-state index contributed by atoms with van der Waals surface area (Å²) in [6, 6.07) is 15.9. The highest BCUT2D eigenvalue weighted by Crippen LogP contribution is 2.36. The van der Waals surface area contributed by atoms with Gasteiger partial charge in [-0.2, -0.15) is 0 Å². The van der Waals surface area contributed by atoms with Gasteiger partial charge in [-0.1, -0.05) is 18.2 Å². The molecule has 2 aromatic heterocycles. The van der Waals surface area contributed by atoms with Crippen molar-refractivity contribution >= 4 is 11.3 Å². The number of rotatable bonds is 6. The van der Waals surface area contributed by atoms with Gasteiger partial charge < -0.3 is 19.5 Å². The fourth-order valence-electron chi connectivity index (χ4n) is 3.51. The molecular formula is C23H23N3O3. The van der Waals surface area contributed by atoms with E-state index in [9.17, 15) is 0 Å². The first kappa shape index (κ1) is 18.7. The van der Waals surface area contributed by atoms with Crippen molar-refractivity contribution in [1.29, 1.82) is 0 Å². The molecule has 148 valence electrons. The lowest BCUT2D eigenvalue weighted by Crippen LogP contribution is -1.98.